The molecule has 0 aliphatic carbocycles. The number of ether oxygens (including phenoxy) is 1. The lowest BCUT2D eigenvalue weighted by atomic mass is 9.90. The van der Waals surface area contributed by atoms with E-state index >= 15 is 0 Å². The lowest BCUT2D eigenvalue weighted by molar-refractivity contribution is -0.172. The zero-order valence-corrected chi connectivity index (χ0v) is 19.3. The van der Waals surface area contributed by atoms with Crippen LogP contribution >= 0.6 is 0 Å². The Morgan fingerprint density at radius 1 is 0.943 bits per heavy atom. The molecule has 1 saturated heterocycles. The fourth-order valence-corrected chi connectivity index (χ4v) is 4.47. The number of morpholine rings is 1. The third kappa shape index (κ3) is 5.18. The highest BCUT2D eigenvalue weighted by molar-refractivity contribution is 5.90. The van der Waals surface area contributed by atoms with Gasteiger partial charge in [0.1, 0.15) is 5.60 Å². The van der Waals surface area contributed by atoms with Crippen LogP contribution in [-0.4, -0.2) is 63.4 Å². The van der Waals surface area contributed by atoms with E-state index in [1.165, 1.54) is 10.3 Å². The van der Waals surface area contributed by atoms with Gasteiger partial charge in [0.25, 0.3) is 0 Å². The lowest BCUT2D eigenvalue weighted by Gasteiger charge is -2.41. The fraction of sp³-hybridized carbons (Fsp3) is 0.296. The van der Waals surface area contributed by atoms with E-state index in [1.807, 2.05) is 43.3 Å². The monoisotopic (exact) mass is 477 g/mol. The van der Waals surface area contributed by atoms with Crippen molar-refractivity contribution < 1.29 is 34.4 Å². The Kier molecular flexibility index (Phi) is 6.60. The predicted molar refractivity (Wildman–Crippen MR) is 129 cm³/mol. The number of carbonyl (C=O) groups excluding carboxylic acids is 1. The van der Waals surface area contributed by atoms with E-state index in [4.69, 9.17) is 9.84 Å². The Balaban J connectivity index is 1.51. The smallest absolute Gasteiger partial charge is 0.336 e. The minimum Gasteiger partial charge on any atom is -0.481 e. The first-order valence-electron chi connectivity index (χ1n) is 11.3. The van der Waals surface area contributed by atoms with E-state index in [9.17, 15) is 24.6 Å². The standard InChI is InChI=1S/C27H27NO7/c1-26(17-28(12-13-35-26)23(29)15-27(34,25(32)33)16-24(30)31)22-10-8-19(9-11-22)21-7-6-18-4-2-3-5-20(18)14-21/h2-11,14,34H,12-13,15-17H2,1H3,(H,30,31)(H,32,33). The van der Waals surface area contributed by atoms with Crippen molar-refractivity contribution in [3.8, 4) is 11.1 Å². The molecule has 8 nitrogen and oxygen atoms in total. The minimum absolute atomic E-state index is 0.143. The average molecular weight is 478 g/mol. The Labute approximate surface area is 202 Å². The number of nitrogens with zero attached hydrogens (tertiary/aromatic N) is 1. The molecule has 182 valence electrons. The van der Waals surface area contributed by atoms with Gasteiger partial charge in [-0.2, -0.15) is 0 Å². The van der Waals surface area contributed by atoms with Crippen LogP contribution in [0, 0.1) is 0 Å². The largest absolute Gasteiger partial charge is 0.481 e. The van der Waals surface area contributed by atoms with Crippen molar-refractivity contribution >= 4 is 28.6 Å². The van der Waals surface area contributed by atoms with Crippen molar-refractivity contribution in [1.29, 1.82) is 0 Å². The van der Waals surface area contributed by atoms with Gasteiger partial charge in [-0.15, -0.1) is 0 Å². The maximum Gasteiger partial charge on any atom is 0.336 e. The van der Waals surface area contributed by atoms with Crippen LogP contribution in [0.4, 0.5) is 0 Å². The van der Waals surface area contributed by atoms with Crippen molar-refractivity contribution in [2.45, 2.75) is 31.0 Å². The van der Waals surface area contributed by atoms with Crippen molar-refractivity contribution in [3.05, 3.63) is 72.3 Å². The van der Waals surface area contributed by atoms with Crippen molar-refractivity contribution in [1.82, 2.24) is 4.90 Å². The van der Waals surface area contributed by atoms with Crippen LogP contribution in [0.5, 0.6) is 0 Å². The van der Waals surface area contributed by atoms with E-state index in [0.29, 0.717) is 0 Å². The molecule has 0 saturated carbocycles. The molecular formula is C27H27NO7. The highest BCUT2D eigenvalue weighted by Gasteiger charge is 2.44. The lowest BCUT2D eigenvalue weighted by Crippen LogP contribution is -2.53. The van der Waals surface area contributed by atoms with Gasteiger partial charge in [0.15, 0.2) is 5.60 Å². The topological polar surface area (TPSA) is 124 Å². The molecule has 1 aliphatic heterocycles. The van der Waals surface area contributed by atoms with E-state index in [0.717, 1.165) is 22.1 Å². The molecule has 0 radical (unpaired) electrons. The first-order chi connectivity index (χ1) is 16.6. The number of carbonyl (C=O) groups is 3. The molecule has 3 aromatic rings. The third-order valence-electron chi connectivity index (χ3n) is 6.49. The molecule has 1 heterocycles. The summed E-state index contributed by atoms with van der Waals surface area (Å²) in [6, 6.07) is 22.3. The van der Waals surface area contributed by atoms with E-state index in [2.05, 4.69) is 30.3 Å². The molecule has 35 heavy (non-hydrogen) atoms. The van der Waals surface area contributed by atoms with Crippen molar-refractivity contribution in [2.75, 3.05) is 19.7 Å². The van der Waals surface area contributed by atoms with Crippen molar-refractivity contribution in [2.24, 2.45) is 0 Å². The second kappa shape index (κ2) is 9.48. The molecule has 0 bridgehead atoms. The third-order valence-corrected chi connectivity index (χ3v) is 6.49. The van der Waals surface area contributed by atoms with Crippen LogP contribution in [0.3, 0.4) is 0 Å². The number of rotatable bonds is 7. The summed E-state index contributed by atoms with van der Waals surface area (Å²) in [5, 5.41) is 30.8. The molecule has 1 fully saturated rings. The number of carboxylic acid groups (broad SMARTS) is 2. The molecule has 1 aliphatic rings. The van der Waals surface area contributed by atoms with Gasteiger partial charge < -0.3 is 25.0 Å². The summed E-state index contributed by atoms with van der Waals surface area (Å²) in [6.45, 7) is 2.42. The summed E-state index contributed by atoms with van der Waals surface area (Å²) in [5.74, 6) is -3.88. The van der Waals surface area contributed by atoms with Crippen LogP contribution in [0.25, 0.3) is 21.9 Å². The van der Waals surface area contributed by atoms with Gasteiger partial charge in [-0.1, -0.05) is 60.7 Å². The number of benzene rings is 3. The van der Waals surface area contributed by atoms with Crippen LogP contribution < -0.4 is 0 Å². The van der Waals surface area contributed by atoms with Gasteiger partial charge in [-0.25, -0.2) is 4.79 Å². The maximum absolute atomic E-state index is 12.8. The van der Waals surface area contributed by atoms with Gasteiger partial charge in [0.05, 0.1) is 26.0 Å². The molecule has 0 aromatic heterocycles. The van der Waals surface area contributed by atoms with Gasteiger partial charge in [0.2, 0.25) is 5.91 Å². The summed E-state index contributed by atoms with van der Waals surface area (Å²) >= 11 is 0. The second-order valence-corrected chi connectivity index (χ2v) is 9.12. The average Bonchev–Trinajstić information content (AvgIpc) is 2.83. The summed E-state index contributed by atoms with van der Waals surface area (Å²) in [7, 11) is 0. The normalized spacial score (nSPS) is 19.8. The number of hydrogen-bond donors (Lipinski definition) is 3. The Bertz CT molecular complexity index is 1270. The molecular weight excluding hydrogens is 450 g/mol. The Morgan fingerprint density at radius 3 is 2.26 bits per heavy atom. The number of carboxylic acids is 2. The number of hydrogen-bond acceptors (Lipinski definition) is 5. The number of aliphatic carboxylic acids is 2. The molecule has 2 atom stereocenters. The van der Waals surface area contributed by atoms with Crippen LogP contribution in [0.15, 0.2) is 66.7 Å². The van der Waals surface area contributed by atoms with E-state index in [-0.39, 0.29) is 19.7 Å². The molecule has 8 heteroatoms. The SMILES string of the molecule is CC1(c2ccc(-c3ccc4ccccc4c3)cc2)CN(C(=O)CC(O)(CC(=O)O)C(=O)O)CCO1. The highest BCUT2D eigenvalue weighted by Crippen LogP contribution is 2.33. The summed E-state index contributed by atoms with van der Waals surface area (Å²) in [4.78, 5) is 36.7. The molecule has 3 N–H and O–H groups in total. The molecule has 0 spiro atoms. The zero-order valence-electron chi connectivity index (χ0n) is 19.3. The molecule has 2 unspecified atom stereocenters. The fourth-order valence-electron chi connectivity index (χ4n) is 4.47. The summed E-state index contributed by atoms with van der Waals surface area (Å²) in [5.41, 5.74) is -0.554. The Hall–Kier alpha value is -3.75. The summed E-state index contributed by atoms with van der Waals surface area (Å²) in [6.07, 6.45) is -1.89. The van der Waals surface area contributed by atoms with Gasteiger partial charge >= 0.3 is 11.9 Å². The van der Waals surface area contributed by atoms with Crippen LogP contribution in [-0.2, 0) is 24.7 Å². The zero-order chi connectivity index (χ0) is 25.2. The van der Waals surface area contributed by atoms with Crippen LogP contribution in [0.1, 0.15) is 25.3 Å². The van der Waals surface area contributed by atoms with Gasteiger partial charge in [0, 0.05) is 6.54 Å². The Morgan fingerprint density at radius 2 is 1.60 bits per heavy atom. The van der Waals surface area contributed by atoms with Gasteiger partial charge in [-0.3, -0.25) is 9.59 Å². The van der Waals surface area contributed by atoms with Gasteiger partial charge in [-0.05, 0) is 40.5 Å². The predicted octanol–water partition coefficient (Wildman–Crippen LogP) is 3.26. The first kappa shape index (κ1) is 24.4. The number of aliphatic hydroxyl groups is 1. The molecule has 1 amide bonds. The second-order valence-electron chi connectivity index (χ2n) is 9.12. The quantitative estimate of drug-likeness (QED) is 0.477. The first-order valence-corrected chi connectivity index (χ1v) is 11.3. The minimum atomic E-state index is -2.67. The van der Waals surface area contributed by atoms with Crippen LogP contribution in [0.2, 0.25) is 0 Å². The number of amides is 1. The summed E-state index contributed by atoms with van der Waals surface area (Å²) < 4.78 is 6.01. The van der Waals surface area contributed by atoms with E-state index < -0.39 is 41.9 Å². The highest BCUT2D eigenvalue weighted by atomic mass is 16.5. The van der Waals surface area contributed by atoms with E-state index in [1.54, 1.807) is 0 Å². The molecule has 4 rings (SSSR count). The number of fused-ring (bicyclic) bond motifs is 1. The maximum atomic E-state index is 12.8. The van der Waals surface area contributed by atoms with Crippen molar-refractivity contribution in [3.63, 3.8) is 0 Å². The molecule has 3 aromatic carbocycles.